The van der Waals surface area contributed by atoms with Crippen LogP contribution in [-0.4, -0.2) is 9.13 Å². The predicted molar refractivity (Wildman–Crippen MR) is 220 cm³/mol. The molecule has 0 N–H and O–H groups in total. The summed E-state index contributed by atoms with van der Waals surface area (Å²) in [6, 6.07) is 66.7. The van der Waals surface area contributed by atoms with Crippen LogP contribution in [0.15, 0.2) is 182 Å². The molecule has 0 unspecified atom stereocenters. The summed E-state index contributed by atoms with van der Waals surface area (Å²) >= 11 is 1.24. The van der Waals surface area contributed by atoms with Crippen LogP contribution in [-0.2, 0) is 0 Å². The van der Waals surface area contributed by atoms with Gasteiger partial charge in [-0.3, -0.25) is 0 Å². The fourth-order valence-electron chi connectivity index (χ4n) is 8.24. The van der Waals surface area contributed by atoms with Gasteiger partial charge < -0.3 is 9.13 Å². The highest BCUT2D eigenvalue weighted by molar-refractivity contribution is 7.26. The quantitative estimate of drug-likeness (QED) is 0.165. The van der Waals surface area contributed by atoms with Gasteiger partial charge in [0.05, 0.1) is 16.6 Å². The van der Waals surface area contributed by atoms with Gasteiger partial charge >= 0.3 is 0 Å². The molecule has 0 amide bonds. The predicted octanol–water partition coefficient (Wildman–Crippen LogP) is 13.3. The smallest absolute Gasteiger partial charge is 0.204 e. The lowest BCUT2D eigenvalue weighted by molar-refractivity contribution is 1.17. The van der Waals surface area contributed by atoms with Crippen molar-refractivity contribution in [2.45, 2.75) is 0 Å². The van der Waals surface area contributed by atoms with Crippen LogP contribution < -0.4 is 0 Å². The number of rotatable bonds is 4. The minimum atomic E-state index is 1.16. The van der Waals surface area contributed by atoms with E-state index < -0.39 is 0 Å². The fraction of sp³-hybridized carbons (Fsp3) is 0. The monoisotopic (exact) mass is 667 g/mol. The van der Waals surface area contributed by atoms with Crippen molar-refractivity contribution in [1.82, 2.24) is 9.13 Å². The molecule has 0 aliphatic carbocycles. The molecule has 8 aromatic carbocycles. The van der Waals surface area contributed by atoms with E-state index in [1.54, 1.807) is 0 Å². The van der Waals surface area contributed by atoms with Gasteiger partial charge in [-0.25, -0.2) is 0 Å². The Bertz CT molecular complexity index is 3110. The van der Waals surface area contributed by atoms with Crippen LogP contribution in [0.5, 0.6) is 0 Å². The van der Waals surface area contributed by atoms with Crippen LogP contribution >= 0.6 is 11.3 Å². The van der Waals surface area contributed by atoms with Crippen molar-refractivity contribution >= 4 is 75.1 Å². The molecule has 2 nitrogen and oxygen atoms in total. The van der Waals surface area contributed by atoms with Crippen molar-refractivity contribution in [3.63, 3.8) is 0 Å². The van der Waals surface area contributed by atoms with Crippen LogP contribution in [0.3, 0.4) is 0 Å². The first-order valence-electron chi connectivity index (χ1n) is 17.5. The molecule has 238 valence electrons. The summed E-state index contributed by atoms with van der Waals surface area (Å²) in [4.78, 5) is 0. The summed E-state index contributed by atoms with van der Waals surface area (Å²) in [7, 11) is 0. The second-order valence-electron chi connectivity index (χ2n) is 13.4. The van der Waals surface area contributed by atoms with Crippen LogP contribution in [0, 0.1) is 0 Å². The van der Waals surface area contributed by atoms with Crippen LogP contribution in [0.1, 0.15) is 0 Å². The van der Waals surface area contributed by atoms with Gasteiger partial charge in [-0.1, -0.05) is 121 Å². The van der Waals surface area contributed by atoms with E-state index in [1.165, 1.54) is 103 Å². The largest absolute Gasteiger partial charge is 0.309 e. The lowest BCUT2D eigenvalue weighted by Gasteiger charge is -2.11. The first kappa shape index (κ1) is 28.4. The third-order valence-corrected chi connectivity index (χ3v) is 11.8. The first-order chi connectivity index (χ1) is 25.3. The molecule has 0 saturated heterocycles. The van der Waals surface area contributed by atoms with Gasteiger partial charge in [-0.2, -0.15) is 0 Å². The van der Waals surface area contributed by atoms with E-state index in [0.29, 0.717) is 0 Å². The third kappa shape index (κ3) is 4.29. The minimum absolute atomic E-state index is 1.16. The van der Waals surface area contributed by atoms with Gasteiger partial charge in [0.25, 0.3) is 0 Å². The third-order valence-electron chi connectivity index (χ3n) is 10.5. The summed E-state index contributed by atoms with van der Waals surface area (Å²) < 4.78 is 7.71. The number of benzene rings is 8. The van der Waals surface area contributed by atoms with E-state index in [-0.39, 0.29) is 0 Å². The molecule has 0 fully saturated rings. The number of fused-ring (bicyclic) bond motifs is 10. The van der Waals surface area contributed by atoms with Crippen LogP contribution in [0.25, 0.3) is 97.4 Å². The number of hydrogen-bond acceptors (Lipinski definition) is 0. The molecule has 0 saturated carbocycles. The average molecular weight is 668 g/mol. The number of thiophene rings is 1. The van der Waals surface area contributed by atoms with E-state index in [0.717, 1.165) is 5.69 Å². The fourth-order valence-corrected chi connectivity index (χ4v) is 9.64. The lowest BCUT2D eigenvalue weighted by atomic mass is 10.0. The van der Waals surface area contributed by atoms with E-state index in [9.17, 15) is 0 Å². The highest BCUT2D eigenvalue weighted by atomic mass is 32.1. The number of para-hydroxylation sites is 2. The van der Waals surface area contributed by atoms with Crippen molar-refractivity contribution in [2.75, 3.05) is 0 Å². The highest BCUT2D eigenvalue weighted by Crippen LogP contribution is 2.46. The van der Waals surface area contributed by atoms with Gasteiger partial charge in [0.2, 0.25) is 4.70 Å². The molecular weight excluding hydrogens is 637 g/mol. The zero-order chi connectivity index (χ0) is 33.5. The lowest BCUT2D eigenvalue weighted by Crippen LogP contribution is -1.96. The number of aromatic nitrogens is 2. The van der Waals surface area contributed by atoms with E-state index >= 15 is 0 Å². The summed E-state index contributed by atoms with van der Waals surface area (Å²) in [5.41, 5.74) is 12.2. The molecule has 3 heterocycles. The zero-order valence-corrected chi connectivity index (χ0v) is 28.6. The second kappa shape index (κ2) is 11.0. The minimum Gasteiger partial charge on any atom is -0.309 e. The molecule has 3 aromatic heterocycles. The maximum atomic E-state index is 2.52. The van der Waals surface area contributed by atoms with Crippen molar-refractivity contribution in [3.05, 3.63) is 182 Å². The van der Waals surface area contributed by atoms with E-state index in [2.05, 4.69) is 191 Å². The molecule has 0 aliphatic heterocycles. The molecule has 0 atom stereocenters. The van der Waals surface area contributed by atoms with E-state index in [4.69, 9.17) is 0 Å². The molecule has 0 bridgehead atoms. The Labute approximate surface area is 298 Å². The van der Waals surface area contributed by atoms with Crippen LogP contribution in [0.4, 0.5) is 0 Å². The summed E-state index contributed by atoms with van der Waals surface area (Å²) in [5, 5.41) is 7.77. The molecule has 51 heavy (non-hydrogen) atoms. The molecule has 0 spiro atoms. The van der Waals surface area contributed by atoms with Gasteiger partial charge in [0, 0.05) is 49.8 Å². The Kier molecular flexibility index (Phi) is 6.16. The summed E-state index contributed by atoms with van der Waals surface area (Å²) in [6.45, 7) is 0. The van der Waals surface area contributed by atoms with Gasteiger partial charge in [0.1, 0.15) is 5.52 Å². The number of hydrogen-bond donors (Lipinski definition) is 0. The van der Waals surface area contributed by atoms with Gasteiger partial charge in [0.15, 0.2) is 4.70 Å². The molecule has 11 aromatic rings. The topological polar surface area (TPSA) is 9.86 Å². The van der Waals surface area contributed by atoms with Gasteiger partial charge in [-0.05, 0) is 88.2 Å². The SMILES string of the molecule is c1ccc(-c2cccc(-n3c4ccccc4c4cc5c6ccc7c8ccc(-c9ccccc9)cc8[sH+]c7c6n(-c6ccccc6)c5cc43)c2)cc1. The molecule has 0 radical (unpaired) electrons. The van der Waals surface area contributed by atoms with E-state index in [1.807, 2.05) is 0 Å². The Balaban J connectivity index is 1.24. The maximum Gasteiger partial charge on any atom is 0.204 e. The zero-order valence-electron chi connectivity index (χ0n) is 27.7. The Morgan fingerprint density at radius 1 is 0.314 bits per heavy atom. The summed E-state index contributed by atoms with van der Waals surface area (Å²) in [5.74, 6) is 0. The Morgan fingerprint density at radius 3 is 1.69 bits per heavy atom. The van der Waals surface area contributed by atoms with Gasteiger partial charge in [-0.15, -0.1) is 0 Å². The van der Waals surface area contributed by atoms with Crippen LogP contribution in [0.2, 0.25) is 0 Å². The number of nitrogens with zero attached hydrogens (tertiary/aromatic N) is 2. The van der Waals surface area contributed by atoms with Crippen molar-refractivity contribution in [2.24, 2.45) is 0 Å². The Hall–Kier alpha value is -6.42. The van der Waals surface area contributed by atoms with Crippen molar-refractivity contribution in [1.29, 1.82) is 0 Å². The molecule has 0 aliphatic rings. The Morgan fingerprint density at radius 2 is 0.902 bits per heavy atom. The molecule has 11 rings (SSSR count). The molecule has 3 heteroatoms. The maximum absolute atomic E-state index is 2.52. The average Bonchev–Trinajstić information content (AvgIpc) is 3.85. The normalized spacial score (nSPS) is 11.9. The standard InChI is InChI=1S/C48H30N2S/c1-4-13-31(14-5-1)33-17-12-20-36(27-33)49-43-22-11-10-21-37(43)41-29-42-39-25-26-40-38-24-23-34(32-15-6-2-7-16-32)28-46(38)51-48(40)47(39)50(45(42)30-44(41)49)35-18-8-3-9-19-35/h1-30H/p+1. The molecular formula is C48H31N2S+. The highest BCUT2D eigenvalue weighted by Gasteiger charge is 2.24. The van der Waals surface area contributed by atoms with Crippen molar-refractivity contribution in [3.8, 4) is 33.6 Å². The first-order valence-corrected chi connectivity index (χ1v) is 18.4. The summed E-state index contributed by atoms with van der Waals surface area (Å²) in [6.07, 6.45) is 0. The van der Waals surface area contributed by atoms with Crippen molar-refractivity contribution < 1.29 is 0 Å². The second-order valence-corrected chi connectivity index (χ2v) is 14.5.